The van der Waals surface area contributed by atoms with Gasteiger partial charge in [0.1, 0.15) is 0 Å². The minimum absolute atomic E-state index is 0.693. The van der Waals surface area contributed by atoms with Gasteiger partial charge in [0.15, 0.2) is 18.1 Å². The van der Waals surface area contributed by atoms with E-state index >= 15 is 0 Å². The van der Waals surface area contributed by atoms with E-state index in [2.05, 4.69) is 0 Å². The number of rotatable bonds is 6. The van der Waals surface area contributed by atoms with Gasteiger partial charge in [-0.1, -0.05) is 13.3 Å². The van der Waals surface area contributed by atoms with Crippen molar-refractivity contribution >= 4 is 26.9 Å². The minimum atomic E-state index is -2.79. The van der Waals surface area contributed by atoms with E-state index in [9.17, 15) is 4.80 Å². The first-order valence-corrected chi connectivity index (χ1v) is 11.4. The monoisotopic (exact) mass is 236 g/mol. The second kappa shape index (κ2) is 6.10. The highest BCUT2D eigenvalue weighted by Crippen LogP contribution is 2.14. The average Bonchev–Trinajstić information content (AvgIpc) is 1.81. The standard InChI is InChI=1S/C7H20O3Si3/c1-6-7-13(8,9-11(2)3)10-12(4)5/h8H,6-7H2,1-5H3. The summed E-state index contributed by atoms with van der Waals surface area (Å²) >= 11 is 0. The molecular weight excluding hydrogens is 216 g/mol. The Morgan fingerprint density at radius 1 is 1.08 bits per heavy atom. The maximum atomic E-state index is 10.1. The number of hydrogen-bond donors (Lipinski definition) is 1. The minimum Gasteiger partial charge on any atom is -0.416 e. The molecule has 0 aliphatic heterocycles. The molecule has 0 aliphatic rings. The topological polar surface area (TPSA) is 38.7 Å². The molecule has 0 saturated heterocycles. The van der Waals surface area contributed by atoms with Crippen LogP contribution in [0.2, 0.25) is 32.2 Å². The van der Waals surface area contributed by atoms with E-state index in [0.717, 1.165) is 6.42 Å². The summed E-state index contributed by atoms with van der Waals surface area (Å²) in [5.41, 5.74) is 0. The van der Waals surface area contributed by atoms with E-state index in [1.54, 1.807) is 0 Å². The summed E-state index contributed by atoms with van der Waals surface area (Å²) in [5.74, 6) is 0. The van der Waals surface area contributed by atoms with Crippen LogP contribution in [0, 0.1) is 0 Å². The molecule has 0 saturated carbocycles. The van der Waals surface area contributed by atoms with Crippen LogP contribution < -0.4 is 0 Å². The van der Waals surface area contributed by atoms with Crippen molar-refractivity contribution in [2.45, 2.75) is 45.6 Å². The van der Waals surface area contributed by atoms with Crippen LogP contribution >= 0.6 is 0 Å². The Bertz CT molecular complexity index is 131. The Hall–Kier alpha value is 0.531. The van der Waals surface area contributed by atoms with Crippen molar-refractivity contribution in [2.24, 2.45) is 0 Å². The van der Waals surface area contributed by atoms with Crippen LogP contribution in [-0.2, 0) is 8.23 Å². The van der Waals surface area contributed by atoms with Gasteiger partial charge >= 0.3 is 8.80 Å². The van der Waals surface area contributed by atoms with Crippen molar-refractivity contribution in [2.75, 3.05) is 0 Å². The molecule has 0 amide bonds. The van der Waals surface area contributed by atoms with Gasteiger partial charge in [-0.2, -0.15) is 0 Å². The van der Waals surface area contributed by atoms with Gasteiger partial charge in [0.2, 0.25) is 0 Å². The van der Waals surface area contributed by atoms with E-state index < -0.39 is 26.9 Å². The molecule has 6 heteroatoms. The van der Waals surface area contributed by atoms with E-state index in [-0.39, 0.29) is 0 Å². The van der Waals surface area contributed by atoms with Crippen molar-refractivity contribution in [3.05, 3.63) is 0 Å². The van der Waals surface area contributed by atoms with Crippen LogP contribution in [0.5, 0.6) is 0 Å². The van der Waals surface area contributed by atoms with Gasteiger partial charge in [-0.3, -0.25) is 0 Å². The fraction of sp³-hybridized carbons (Fsp3) is 1.00. The summed E-state index contributed by atoms with van der Waals surface area (Å²) in [4.78, 5) is 10.1. The van der Waals surface area contributed by atoms with Gasteiger partial charge in [0.05, 0.1) is 0 Å². The smallest absolute Gasteiger partial charge is 0.416 e. The van der Waals surface area contributed by atoms with Crippen LogP contribution in [0.25, 0.3) is 0 Å². The predicted octanol–water partition coefficient (Wildman–Crippen LogP) is 1.86. The summed E-state index contributed by atoms with van der Waals surface area (Å²) in [6.07, 6.45) is 0.924. The van der Waals surface area contributed by atoms with Crippen LogP contribution in [0.3, 0.4) is 0 Å². The number of hydrogen-bond acceptors (Lipinski definition) is 3. The lowest BCUT2D eigenvalue weighted by Gasteiger charge is -2.27. The van der Waals surface area contributed by atoms with Gasteiger partial charge in [-0.15, -0.1) is 0 Å². The molecule has 2 radical (unpaired) electrons. The molecule has 0 fully saturated rings. The summed E-state index contributed by atoms with van der Waals surface area (Å²) in [6.45, 7) is 10.2. The first-order valence-electron chi connectivity index (χ1n) is 4.60. The highest BCUT2D eigenvalue weighted by Gasteiger charge is 2.37. The lowest BCUT2D eigenvalue weighted by Crippen LogP contribution is -2.48. The molecule has 1 N–H and O–H groups in total. The quantitative estimate of drug-likeness (QED) is 0.716. The van der Waals surface area contributed by atoms with Gasteiger partial charge in [-0.05, 0) is 26.2 Å². The van der Waals surface area contributed by atoms with Crippen LogP contribution in [0.15, 0.2) is 0 Å². The first kappa shape index (κ1) is 13.5. The van der Waals surface area contributed by atoms with Crippen LogP contribution in [0.4, 0.5) is 0 Å². The van der Waals surface area contributed by atoms with Gasteiger partial charge < -0.3 is 13.0 Å². The second-order valence-electron chi connectivity index (χ2n) is 3.48. The molecule has 0 spiro atoms. The van der Waals surface area contributed by atoms with Crippen molar-refractivity contribution in [1.82, 2.24) is 0 Å². The zero-order chi connectivity index (χ0) is 10.5. The molecule has 3 nitrogen and oxygen atoms in total. The molecule has 13 heavy (non-hydrogen) atoms. The molecule has 0 aromatic heterocycles. The van der Waals surface area contributed by atoms with Gasteiger partial charge in [0, 0.05) is 6.04 Å². The molecule has 78 valence electrons. The van der Waals surface area contributed by atoms with Crippen molar-refractivity contribution in [3.8, 4) is 0 Å². The van der Waals surface area contributed by atoms with Gasteiger partial charge in [-0.25, -0.2) is 0 Å². The molecule has 0 atom stereocenters. The third kappa shape index (κ3) is 6.58. The van der Waals surface area contributed by atoms with Crippen molar-refractivity contribution in [3.63, 3.8) is 0 Å². The van der Waals surface area contributed by atoms with Crippen molar-refractivity contribution < 1.29 is 13.0 Å². The summed E-state index contributed by atoms with van der Waals surface area (Å²) in [5, 5.41) is 0. The zero-order valence-electron chi connectivity index (χ0n) is 9.18. The predicted molar refractivity (Wildman–Crippen MR) is 60.2 cm³/mol. The molecule has 0 aromatic carbocycles. The second-order valence-corrected chi connectivity index (χ2v) is 10.7. The SMILES string of the molecule is CCC[Si](O)(O[Si](C)C)O[Si](C)C. The molecule has 0 rings (SSSR count). The first-order chi connectivity index (χ1) is 5.89. The van der Waals surface area contributed by atoms with E-state index in [0.29, 0.717) is 6.04 Å². The fourth-order valence-corrected chi connectivity index (χ4v) is 8.17. The van der Waals surface area contributed by atoms with E-state index in [1.165, 1.54) is 0 Å². The highest BCUT2D eigenvalue weighted by molar-refractivity contribution is 6.74. The zero-order valence-corrected chi connectivity index (χ0v) is 12.2. The molecule has 0 heterocycles. The highest BCUT2D eigenvalue weighted by atomic mass is 28.5. The third-order valence-corrected chi connectivity index (χ3v) is 8.24. The third-order valence-electron chi connectivity index (χ3n) is 1.29. The van der Waals surface area contributed by atoms with E-state index in [1.807, 2.05) is 33.1 Å². The Kier molecular flexibility index (Phi) is 6.35. The Balaban J connectivity index is 4.15. The van der Waals surface area contributed by atoms with Crippen LogP contribution in [0.1, 0.15) is 13.3 Å². The van der Waals surface area contributed by atoms with E-state index in [4.69, 9.17) is 8.23 Å². The lowest BCUT2D eigenvalue weighted by molar-refractivity contribution is 0.254. The van der Waals surface area contributed by atoms with Crippen LogP contribution in [-0.4, -0.2) is 31.7 Å². The summed E-state index contributed by atoms with van der Waals surface area (Å²) < 4.78 is 11.2. The molecule has 0 unspecified atom stereocenters. The Morgan fingerprint density at radius 3 is 1.69 bits per heavy atom. The summed E-state index contributed by atoms with van der Waals surface area (Å²) in [7, 11) is -4.50. The largest absolute Gasteiger partial charge is 0.477 e. The molecule has 0 aromatic rings. The fourth-order valence-electron chi connectivity index (χ4n) is 1.08. The Labute approximate surface area is 85.9 Å². The van der Waals surface area contributed by atoms with Crippen molar-refractivity contribution in [1.29, 1.82) is 0 Å². The van der Waals surface area contributed by atoms with Gasteiger partial charge in [0.25, 0.3) is 0 Å². The Morgan fingerprint density at radius 2 is 1.46 bits per heavy atom. The maximum Gasteiger partial charge on any atom is 0.477 e. The molecule has 0 aliphatic carbocycles. The maximum absolute atomic E-state index is 10.1. The molecule has 0 bridgehead atoms. The summed E-state index contributed by atoms with van der Waals surface area (Å²) in [6, 6.07) is 0.693. The lowest BCUT2D eigenvalue weighted by atomic mass is 10.6. The average molecular weight is 236 g/mol. The molecular formula is C7H20O3Si3. The normalized spacial score (nSPS) is 12.9.